The van der Waals surface area contributed by atoms with Gasteiger partial charge in [0.15, 0.2) is 5.65 Å². The fraction of sp³-hybridized carbons (Fsp3) is 0.130. The van der Waals surface area contributed by atoms with Crippen molar-refractivity contribution in [2.75, 3.05) is 12.8 Å². The molecule has 0 bridgehead atoms. The van der Waals surface area contributed by atoms with Crippen LogP contribution in [0.1, 0.15) is 11.1 Å². The summed E-state index contributed by atoms with van der Waals surface area (Å²) in [5, 5.41) is 4.55. The molecule has 0 fully saturated rings. The van der Waals surface area contributed by atoms with Crippen molar-refractivity contribution >= 4 is 11.3 Å². The molecule has 0 spiro atoms. The number of methoxy groups -OCH3 is 1. The van der Waals surface area contributed by atoms with Crippen molar-refractivity contribution in [3.63, 3.8) is 0 Å². The predicted molar refractivity (Wildman–Crippen MR) is 117 cm³/mol. The van der Waals surface area contributed by atoms with E-state index in [0.29, 0.717) is 6.54 Å². The van der Waals surface area contributed by atoms with Crippen LogP contribution in [0.4, 0.5) is 5.69 Å². The number of nitrogens with zero attached hydrogens (tertiary/aromatic N) is 5. The lowest BCUT2D eigenvalue weighted by atomic mass is 10.2. The van der Waals surface area contributed by atoms with Gasteiger partial charge in [0.1, 0.15) is 5.75 Å². The smallest absolute Gasteiger partial charge is 0.154 e. The fourth-order valence-electron chi connectivity index (χ4n) is 3.66. The van der Waals surface area contributed by atoms with E-state index in [4.69, 9.17) is 10.5 Å². The second-order valence-electron chi connectivity index (χ2n) is 7.29. The first-order valence-electron chi connectivity index (χ1n) is 9.70. The fourth-order valence-corrected chi connectivity index (χ4v) is 3.66. The summed E-state index contributed by atoms with van der Waals surface area (Å²) < 4.78 is 11.3. The van der Waals surface area contributed by atoms with Crippen LogP contribution < -0.4 is 10.5 Å². The van der Waals surface area contributed by atoms with Crippen molar-refractivity contribution in [1.29, 1.82) is 0 Å². The maximum Gasteiger partial charge on any atom is 0.154 e. The number of aryl methyl sites for hydroxylation is 1. The Morgan fingerprint density at radius 3 is 2.67 bits per heavy atom. The van der Waals surface area contributed by atoms with Gasteiger partial charge in [0.2, 0.25) is 0 Å². The van der Waals surface area contributed by atoms with E-state index in [1.54, 1.807) is 7.11 Å². The van der Waals surface area contributed by atoms with Crippen molar-refractivity contribution in [3.05, 3.63) is 84.4 Å². The molecule has 3 heterocycles. The summed E-state index contributed by atoms with van der Waals surface area (Å²) in [6.45, 7) is 2.76. The molecule has 5 rings (SSSR count). The highest BCUT2D eigenvalue weighted by atomic mass is 16.5. The normalized spacial score (nSPS) is 11.3. The molecule has 0 unspecified atom stereocenters. The SMILES string of the molecule is COc1ccc(Cn2cc(-c3cnc4ccn(-c5cc(N)ccc5C)n34)cn2)cc1. The summed E-state index contributed by atoms with van der Waals surface area (Å²) in [6, 6.07) is 15.9. The van der Waals surface area contributed by atoms with Crippen molar-refractivity contribution in [2.45, 2.75) is 13.5 Å². The van der Waals surface area contributed by atoms with Gasteiger partial charge in [-0.05, 0) is 42.3 Å². The Morgan fingerprint density at radius 1 is 1.03 bits per heavy atom. The van der Waals surface area contributed by atoms with E-state index in [0.717, 1.165) is 45.2 Å². The third-order valence-electron chi connectivity index (χ3n) is 5.26. The van der Waals surface area contributed by atoms with Gasteiger partial charge in [0, 0.05) is 29.7 Å². The first-order valence-corrected chi connectivity index (χ1v) is 9.70. The van der Waals surface area contributed by atoms with Crippen molar-refractivity contribution in [2.24, 2.45) is 0 Å². The standard InChI is InChI=1S/C23H22N6O/c1-16-3-6-19(24)11-21(16)28-10-9-23-25-13-22(29(23)28)18-12-26-27(15-18)14-17-4-7-20(30-2)8-5-17/h3-13,15H,14,24H2,1-2H3. The average Bonchev–Trinajstić information content (AvgIpc) is 3.47. The minimum atomic E-state index is 0.682. The van der Waals surface area contributed by atoms with Gasteiger partial charge < -0.3 is 10.5 Å². The molecule has 150 valence electrons. The molecule has 0 radical (unpaired) electrons. The molecular weight excluding hydrogens is 376 g/mol. The Labute approximate surface area is 173 Å². The minimum Gasteiger partial charge on any atom is -0.497 e. The number of benzene rings is 2. The van der Waals surface area contributed by atoms with Crippen LogP contribution in [-0.4, -0.2) is 31.1 Å². The van der Waals surface area contributed by atoms with Crippen molar-refractivity contribution in [3.8, 4) is 22.7 Å². The molecule has 5 aromatic rings. The summed E-state index contributed by atoms with van der Waals surface area (Å²) in [4.78, 5) is 4.57. The van der Waals surface area contributed by atoms with E-state index in [9.17, 15) is 0 Å². The number of nitrogens with two attached hydrogens (primary N) is 1. The summed E-state index contributed by atoms with van der Waals surface area (Å²) in [7, 11) is 1.67. The van der Waals surface area contributed by atoms with Crippen LogP contribution in [0.2, 0.25) is 0 Å². The van der Waals surface area contributed by atoms with Gasteiger partial charge in [-0.2, -0.15) is 5.10 Å². The van der Waals surface area contributed by atoms with E-state index in [2.05, 4.69) is 26.2 Å². The zero-order chi connectivity index (χ0) is 20.7. The minimum absolute atomic E-state index is 0.682. The molecule has 0 aliphatic carbocycles. The number of anilines is 1. The first kappa shape index (κ1) is 18.1. The number of imidazole rings is 1. The maximum atomic E-state index is 6.04. The largest absolute Gasteiger partial charge is 0.497 e. The number of hydrogen-bond donors (Lipinski definition) is 1. The number of ether oxygens (including phenoxy) is 1. The van der Waals surface area contributed by atoms with Gasteiger partial charge in [-0.1, -0.05) is 18.2 Å². The van der Waals surface area contributed by atoms with Crippen LogP contribution in [0.15, 0.2) is 73.3 Å². The molecule has 3 aromatic heterocycles. The molecular formula is C23H22N6O. The number of rotatable bonds is 5. The molecule has 0 amide bonds. The second kappa shape index (κ2) is 7.11. The zero-order valence-electron chi connectivity index (χ0n) is 16.9. The number of aromatic nitrogens is 5. The van der Waals surface area contributed by atoms with Crippen LogP contribution in [-0.2, 0) is 6.54 Å². The van der Waals surface area contributed by atoms with Crippen molar-refractivity contribution < 1.29 is 4.74 Å². The number of nitrogen functional groups attached to an aromatic ring is 1. The number of hydrogen-bond acceptors (Lipinski definition) is 4. The molecule has 7 heteroatoms. The van der Waals surface area contributed by atoms with E-state index >= 15 is 0 Å². The number of fused-ring (bicyclic) bond motifs is 1. The van der Waals surface area contributed by atoms with Gasteiger partial charge in [-0.15, -0.1) is 0 Å². The third kappa shape index (κ3) is 3.10. The maximum absolute atomic E-state index is 6.04. The molecule has 7 nitrogen and oxygen atoms in total. The van der Waals surface area contributed by atoms with Crippen LogP contribution in [0, 0.1) is 6.92 Å². The molecule has 0 aliphatic rings. The molecule has 0 saturated carbocycles. The van der Waals surface area contributed by atoms with E-state index in [-0.39, 0.29) is 0 Å². The highest BCUT2D eigenvalue weighted by molar-refractivity contribution is 5.63. The van der Waals surface area contributed by atoms with Gasteiger partial charge in [-0.25, -0.2) is 9.50 Å². The van der Waals surface area contributed by atoms with E-state index in [1.807, 2.05) is 78.0 Å². The van der Waals surface area contributed by atoms with Crippen LogP contribution >= 0.6 is 0 Å². The molecule has 2 aromatic carbocycles. The molecule has 2 N–H and O–H groups in total. The van der Waals surface area contributed by atoms with Gasteiger partial charge >= 0.3 is 0 Å². The summed E-state index contributed by atoms with van der Waals surface area (Å²) in [5.74, 6) is 0.846. The average molecular weight is 398 g/mol. The zero-order valence-corrected chi connectivity index (χ0v) is 16.9. The molecule has 0 saturated heterocycles. The lowest BCUT2D eigenvalue weighted by Gasteiger charge is -2.11. The van der Waals surface area contributed by atoms with Gasteiger partial charge in [0.25, 0.3) is 0 Å². The Morgan fingerprint density at radius 2 is 1.87 bits per heavy atom. The quantitative estimate of drug-likeness (QED) is 0.455. The van der Waals surface area contributed by atoms with Gasteiger partial charge in [0.05, 0.1) is 37.4 Å². The Kier molecular flexibility index (Phi) is 4.28. The highest BCUT2D eigenvalue weighted by Gasteiger charge is 2.14. The second-order valence-corrected chi connectivity index (χ2v) is 7.29. The summed E-state index contributed by atoms with van der Waals surface area (Å²) in [6.07, 6.45) is 7.80. The highest BCUT2D eigenvalue weighted by Crippen LogP contribution is 2.25. The first-order chi connectivity index (χ1) is 14.6. The van der Waals surface area contributed by atoms with Crippen LogP contribution in [0.5, 0.6) is 5.75 Å². The lowest BCUT2D eigenvalue weighted by Crippen LogP contribution is -2.05. The van der Waals surface area contributed by atoms with Crippen LogP contribution in [0.3, 0.4) is 0 Å². The summed E-state index contributed by atoms with van der Waals surface area (Å²) >= 11 is 0. The molecule has 30 heavy (non-hydrogen) atoms. The van der Waals surface area contributed by atoms with E-state index in [1.165, 1.54) is 0 Å². The van der Waals surface area contributed by atoms with Gasteiger partial charge in [-0.3, -0.25) is 9.36 Å². The Hall–Kier alpha value is -4.00. The molecule has 0 atom stereocenters. The summed E-state index contributed by atoms with van der Waals surface area (Å²) in [5.41, 5.74) is 12.9. The van der Waals surface area contributed by atoms with E-state index < -0.39 is 0 Å². The topological polar surface area (TPSA) is 75.3 Å². The Bertz CT molecular complexity index is 1330. The third-order valence-corrected chi connectivity index (χ3v) is 5.26. The lowest BCUT2D eigenvalue weighted by molar-refractivity contribution is 0.414. The van der Waals surface area contributed by atoms with Crippen molar-refractivity contribution in [1.82, 2.24) is 24.0 Å². The van der Waals surface area contributed by atoms with Crippen LogP contribution in [0.25, 0.3) is 22.6 Å². The molecule has 0 aliphatic heterocycles. The monoisotopic (exact) mass is 398 g/mol. The predicted octanol–water partition coefficient (Wildman–Crippen LogP) is 3.94. The Balaban J connectivity index is 1.51.